The largest absolute Gasteiger partial charge is 0.496 e. The Kier molecular flexibility index (Phi) is 3.36. The van der Waals surface area contributed by atoms with Crippen molar-refractivity contribution >= 4 is 17.5 Å². The van der Waals surface area contributed by atoms with E-state index in [4.69, 9.17) is 4.74 Å². The fraction of sp³-hybridized carbons (Fsp3) is 0.273. The molecule has 16 heavy (non-hydrogen) atoms. The van der Waals surface area contributed by atoms with Gasteiger partial charge >= 0.3 is 0 Å². The zero-order valence-electron chi connectivity index (χ0n) is 9.23. The van der Waals surface area contributed by atoms with E-state index in [1.54, 1.807) is 7.11 Å². The number of ether oxygens (including phenoxy) is 1. The second-order valence-electron chi connectivity index (χ2n) is 3.19. The van der Waals surface area contributed by atoms with Crippen LogP contribution in [0.4, 0.5) is 5.82 Å². The highest BCUT2D eigenvalue weighted by molar-refractivity contribution is 6.99. The van der Waals surface area contributed by atoms with E-state index in [0.29, 0.717) is 0 Å². The van der Waals surface area contributed by atoms with E-state index >= 15 is 0 Å². The van der Waals surface area contributed by atoms with Crippen molar-refractivity contribution in [3.8, 4) is 17.0 Å². The molecule has 0 unspecified atom stereocenters. The van der Waals surface area contributed by atoms with Crippen LogP contribution in [0.15, 0.2) is 24.3 Å². The number of benzene rings is 1. The molecule has 0 aliphatic carbocycles. The first-order chi connectivity index (χ1) is 7.86. The Hall–Kier alpha value is -1.62. The monoisotopic (exact) mass is 235 g/mol. The normalized spacial score (nSPS) is 10.1. The minimum atomic E-state index is 0.814. The van der Waals surface area contributed by atoms with Crippen LogP contribution in [0.25, 0.3) is 11.3 Å². The zero-order valence-corrected chi connectivity index (χ0v) is 10.0. The van der Waals surface area contributed by atoms with Gasteiger partial charge < -0.3 is 10.1 Å². The highest BCUT2D eigenvalue weighted by Crippen LogP contribution is 2.32. The summed E-state index contributed by atoms with van der Waals surface area (Å²) in [5.74, 6) is 1.63. The topological polar surface area (TPSA) is 47.0 Å². The predicted molar refractivity (Wildman–Crippen MR) is 66.1 cm³/mol. The molecule has 1 aromatic carbocycles. The summed E-state index contributed by atoms with van der Waals surface area (Å²) in [7, 11) is 1.66. The van der Waals surface area contributed by atoms with Crippen molar-refractivity contribution in [2.45, 2.75) is 6.92 Å². The summed E-state index contributed by atoms with van der Waals surface area (Å²) in [6.07, 6.45) is 0. The SMILES string of the molecule is CCNc1nsnc1-c1ccccc1OC. The third kappa shape index (κ3) is 1.99. The number of hydrogen-bond donors (Lipinski definition) is 1. The minimum absolute atomic E-state index is 0.814. The minimum Gasteiger partial charge on any atom is -0.496 e. The second-order valence-corrected chi connectivity index (χ2v) is 3.72. The molecule has 0 spiro atoms. The number of nitrogens with one attached hydrogen (secondary N) is 1. The molecule has 0 saturated heterocycles. The Morgan fingerprint density at radius 2 is 2.12 bits per heavy atom. The van der Waals surface area contributed by atoms with Crippen molar-refractivity contribution in [1.82, 2.24) is 8.75 Å². The van der Waals surface area contributed by atoms with Crippen molar-refractivity contribution < 1.29 is 4.74 Å². The van der Waals surface area contributed by atoms with Gasteiger partial charge in [0.25, 0.3) is 0 Å². The van der Waals surface area contributed by atoms with Gasteiger partial charge in [-0.25, -0.2) is 0 Å². The fourth-order valence-electron chi connectivity index (χ4n) is 1.49. The van der Waals surface area contributed by atoms with Crippen molar-refractivity contribution in [3.05, 3.63) is 24.3 Å². The molecular weight excluding hydrogens is 222 g/mol. The van der Waals surface area contributed by atoms with Gasteiger partial charge in [-0.2, -0.15) is 8.75 Å². The van der Waals surface area contributed by atoms with E-state index in [1.807, 2.05) is 31.2 Å². The lowest BCUT2D eigenvalue weighted by Gasteiger charge is -2.07. The van der Waals surface area contributed by atoms with Gasteiger partial charge in [0.15, 0.2) is 5.82 Å². The first kappa shape index (κ1) is 10.9. The van der Waals surface area contributed by atoms with Crippen LogP contribution >= 0.6 is 11.7 Å². The molecule has 0 aliphatic heterocycles. The van der Waals surface area contributed by atoms with Crippen molar-refractivity contribution in [2.75, 3.05) is 19.0 Å². The Morgan fingerprint density at radius 1 is 1.31 bits per heavy atom. The lowest BCUT2D eigenvalue weighted by atomic mass is 10.1. The van der Waals surface area contributed by atoms with Crippen LogP contribution in [0.5, 0.6) is 5.75 Å². The van der Waals surface area contributed by atoms with Crippen LogP contribution in [-0.4, -0.2) is 22.4 Å². The molecular formula is C11H13N3OS. The summed E-state index contributed by atoms with van der Waals surface area (Å²) in [4.78, 5) is 0. The molecule has 1 N–H and O–H groups in total. The lowest BCUT2D eigenvalue weighted by Crippen LogP contribution is -1.99. The van der Waals surface area contributed by atoms with Crippen molar-refractivity contribution in [2.24, 2.45) is 0 Å². The first-order valence-corrected chi connectivity index (χ1v) is 5.79. The summed E-state index contributed by atoms with van der Waals surface area (Å²) >= 11 is 1.20. The van der Waals surface area contributed by atoms with Gasteiger partial charge in [0.05, 0.1) is 18.8 Å². The van der Waals surface area contributed by atoms with Crippen LogP contribution in [0.1, 0.15) is 6.92 Å². The summed E-state index contributed by atoms with van der Waals surface area (Å²) in [6.45, 7) is 2.86. The Bertz CT molecular complexity index is 470. The summed E-state index contributed by atoms with van der Waals surface area (Å²) in [6, 6.07) is 7.81. The number of aromatic nitrogens is 2. The molecule has 84 valence electrons. The van der Waals surface area contributed by atoms with E-state index in [9.17, 15) is 0 Å². The lowest BCUT2D eigenvalue weighted by molar-refractivity contribution is 0.416. The fourth-order valence-corrected chi connectivity index (χ4v) is 2.03. The highest BCUT2D eigenvalue weighted by Gasteiger charge is 2.13. The molecule has 0 aliphatic rings. The van der Waals surface area contributed by atoms with Gasteiger partial charge in [-0.3, -0.25) is 0 Å². The Balaban J connectivity index is 2.45. The van der Waals surface area contributed by atoms with E-state index < -0.39 is 0 Å². The van der Waals surface area contributed by atoms with Crippen LogP contribution in [0.3, 0.4) is 0 Å². The number of rotatable bonds is 4. The van der Waals surface area contributed by atoms with E-state index in [2.05, 4.69) is 14.1 Å². The van der Waals surface area contributed by atoms with Gasteiger partial charge in [-0.15, -0.1) is 0 Å². The average molecular weight is 235 g/mol. The maximum atomic E-state index is 5.31. The van der Waals surface area contributed by atoms with Crippen molar-refractivity contribution in [1.29, 1.82) is 0 Å². The molecule has 0 saturated carbocycles. The zero-order chi connectivity index (χ0) is 11.4. The van der Waals surface area contributed by atoms with Gasteiger partial charge in [-0.1, -0.05) is 12.1 Å². The number of anilines is 1. The summed E-state index contributed by atoms with van der Waals surface area (Å²) in [5.41, 5.74) is 1.82. The van der Waals surface area contributed by atoms with Gasteiger partial charge in [0.2, 0.25) is 0 Å². The molecule has 0 radical (unpaired) electrons. The number of nitrogens with zero attached hydrogens (tertiary/aromatic N) is 2. The molecule has 0 bridgehead atoms. The van der Waals surface area contributed by atoms with Gasteiger partial charge in [0, 0.05) is 12.1 Å². The van der Waals surface area contributed by atoms with Crippen LogP contribution < -0.4 is 10.1 Å². The number of para-hydroxylation sites is 1. The highest BCUT2D eigenvalue weighted by atomic mass is 32.1. The molecule has 2 aromatic rings. The van der Waals surface area contributed by atoms with Gasteiger partial charge in [-0.05, 0) is 19.1 Å². The first-order valence-electron chi connectivity index (χ1n) is 5.06. The molecule has 4 nitrogen and oxygen atoms in total. The van der Waals surface area contributed by atoms with Crippen LogP contribution in [0, 0.1) is 0 Å². The third-order valence-corrected chi connectivity index (χ3v) is 2.72. The van der Waals surface area contributed by atoms with E-state index in [1.165, 1.54) is 11.7 Å². The molecule has 1 aromatic heterocycles. The van der Waals surface area contributed by atoms with E-state index in [-0.39, 0.29) is 0 Å². The number of hydrogen-bond acceptors (Lipinski definition) is 5. The molecule has 1 heterocycles. The second kappa shape index (κ2) is 4.94. The van der Waals surface area contributed by atoms with Gasteiger partial charge in [0.1, 0.15) is 11.4 Å². The third-order valence-electron chi connectivity index (χ3n) is 2.19. The predicted octanol–water partition coefficient (Wildman–Crippen LogP) is 2.65. The average Bonchev–Trinajstić information content (AvgIpc) is 2.77. The van der Waals surface area contributed by atoms with E-state index in [0.717, 1.165) is 29.4 Å². The quantitative estimate of drug-likeness (QED) is 0.885. The van der Waals surface area contributed by atoms with Crippen LogP contribution in [-0.2, 0) is 0 Å². The summed E-state index contributed by atoms with van der Waals surface area (Å²) < 4.78 is 13.8. The molecule has 0 amide bonds. The molecule has 0 atom stereocenters. The summed E-state index contributed by atoms with van der Waals surface area (Å²) in [5, 5.41) is 3.19. The Labute approximate surface area is 98.6 Å². The Morgan fingerprint density at radius 3 is 2.88 bits per heavy atom. The van der Waals surface area contributed by atoms with Crippen LogP contribution in [0.2, 0.25) is 0 Å². The number of methoxy groups -OCH3 is 1. The van der Waals surface area contributed by atoms with Crippen molar-refractivity contribution in [3.63, 3.8) is 0 Å². The molecule has 2 rings (SSSR count). The molecule has 5 heteroatoms. The molecule has 0 fully saturated rings. The smallest absolute Gasteiger partial charge is 0.168 e. The standard InChI is InChI=1S/C11H13N3OS/c1-3-12-11-10(13-16-14-11)8-6-4-5-7-9(8)15-2/h4-7H,3H2,1-2H3,(H,12,14). The maximum Gasteiger partial charge on any atom is 0.168 e. The maximum absolute atomic E-state index is 5.31.